The van der Waals surface area contributed by atoms with Gasteiger partial charge in [-0.2, -0.15) is 5.26 Å². The maximum atomic E-state index is 13.0. The van der Waals surface area contributed by atoms with Crippen molar-refractivity contribution in [3.8, 4) is 17.4 Å². The molecule has 1 amide bonds. The van der Waals surface area contributed by atoms with Gasteiger partial charge in [0.2, 0.25) is 0 Å². The molecular weight excluding hydrogens is 393 g/mol. The molecule has 0 bridgehead atoms. The van der Waals surface area contributed by atoms with Gasteiger partial charge in [-0.15, -0.1) is 11.3 Å². The lowest BCUT2D eigenvalue weighted by atomic mass is 10.0. The van der Waals surface area contributed by atoms with Crippen molar-refractivity contribution < 1.29 is 13.6 Å². The fraction of sp³-hybridized carbons (Fsp3) is 0.0500. The first-order valence-corrected chi connectivity index (χ1v) is 9.29. The van der Waals surface area contributed by atoms with E-state index in [1.54, 1.807) is 24.3 Å². The van der Waals surface area contributed by atoms with Crippen LogP contribution in [0.25, 0.3) is 21.5 Å². The van der Waals surface area contributed by atoms with Crippen LogP contribution in [-0.2, 0) is 6.54 Å². The van der Waals surface area contributed by atoms with Crippen LogP contribution in [0, 0.1) is 17.1 Å². The zero-order valence-corrected chi connectivity index (χ0v) is 15.7. The average Bonchev–Trinajstić information content (AvgIpc) is 3.35. The molecule has 7 nitrogen and oxygen atoms in total. The quantitative estimate of drug-likeness (QED) is 0.473. The summed E-state index contributed by atoms with van der Waals surface area (Å²) in [5.74, 6) is -0.317. The highest BCUT2D eigenvalue weighted by Gasteiger charge is 2.25. The van der Waals surface area contributed by atoms with Crippen molar-refractivity contribution in [1.82, 2.24) is 10.3 Å². The van der Waals surface area contributed by atoms with Crippen molar-refractivity contribution >= 4 is 39.0 Å². The van der Waals surface area contributed by atoms with E-state index in [4.69, 9.17) is 15.9 Å². The Hall–Kier alpha value is -3.90. The van der Waals surface area contributed by atoms with Crippen LogP contribution in [0.4, 0.5) is 15.9 Å². The summed E-state index contributed by atoms with van der Waals surface area (Å²) in [6, 6.07) is 11.2. The number of nitriles is 1. The number of nitrogens with two attached hydrogens (primary N) is 2. The highest BCUT2D eigenvalue weighted by molar-refractivity contribution is 7.21. The van der Waals surface area contributed by atoms with Crippen molar-refractivity contribution in [2.24, 2.45) is 0 Å². The Labute approximate surface area is 168 Å². The number of thiophene rings is 1. The van der Waals surface area contributed by atoms with Gasteiger partial charge in [-0.3, -0.25) is 4.79 Å². The molecule has 5 N–H and O–H groups in total. The number of amides is 1. The van der Waals surface area contributed by atoms with E-state index in [2.05, 4.69) is 10.3 Å². The molecule has 0 aliphatic carbocycles. The molecule has 0 saturated carbocycles. The normalized spacial score (nSPS) is 10.8. The highest BCUT2D eigenvalue weighted by atomic mass is 32.1. The smallest absolute Gasteiger partial charge is 0.263 e. The molecule has 0 aliphatic rings. The minimum absolute atomic E-state index is 0.0333. The van der Waals surface area contributed by atoms with Gasteiger partial charge in [-0.1, -0.05) is 12.1 Å². The van der Waals surface area contributed by atoms with E-state index in [0.29, 0.717) is 21.5 Å². The highest BCUT2D eigenvalue weighted by Crippen LogP contribution is 2.42. The molecule has 4 aromatic rings. The van der Waals surface area contributed by atoms with Crippen molar-refractivity contribution in [3.05, 3.63) is 64.5 Å². The number of nitrogens with one attached hydrogen (secondary N) is 1. The Bertz CT molecular complexity index is 1260. The molecule has 4 rings (SSSR count). The standard InChI is InChI=1S/C20H14FN5O2S/c21-11-5-3-10(4-6-11)9-25-19(27)17-16(23)15-14(13-2-1-7-28-13)12(8-22)18(24)26-20(15)29-17/h1-7H,9,23H2,(H2,24,26)(H,25,27). The van der Waals surface area contributed by atoms with Crippen molar-refractivity contribution in [2.45, 2.75) is 6.54 Å². The lowest BCUT2D eigenvalue weighted by Gasteiger charge is -2.07. The maximum Gasteiger partial charge on any atom is 0.263 e. The molecule has 144 valence electrons. The molecule has 29 heavy (non-hydrogen) atoms. The average molecular weight is 407 g/mol. The first-order valence-electron chi connectivity index (χ1n) is 8.47. The second-order valence-corrected chi connectivity index (χ2v) is 7.17. The molecule has 0 radical (unpaired) electrons. The first-order chi connectivity index (χ1) is 14.0. The monoisotopic (exact) mass is 407 g/mol. The number of furan rings is 1. The number of nitrogens with zero attached hydrogens (tertiary/aromatic N) is 2. The molecule has 0 unspecified atom stereocenters. The Morgan fingerprint density at radius 1 is 1.28 bits per heavy atom. The van der Waals surface area contributed by atoms with Crippen LogP contribution in [0.15, 0.2) is 47.1 Å². The lowest BCUT2D eigenvalue weighted by molar-refractivity contribution is 0.0956. The minimum Gasteiger partial charge on any atom is -0.464 e. The number of halogens is 1. The Balaban J connectivity index is 1.76. The van der Waals surface area contributed by atoms with Crippen LogP contribution in [0.1, 0.15) is 20.8 Å². The third-order valence-corrected chi connectivity index (χ3v) is 5.45. The molecule has 0 atom stereocenters. The summed E-state index contributed by atoms with van der Waals surface area (Å²) in [5.41, 5.74) is 13.7. The minimum atomic E-state index is -0.405. The van der Waals surface area contributed by atoms with Crippen LogP contribution >= 0.6 is 11.3 Å². The fourth-order valence-corrected chi connectivity index (χ4v) is 4.01. The first kappa shape index (κ1) is 18.5. The number of aromatic nitrogens is 1. The third-order valence-electron chi connectivity index (χ3n) is 4.36. The summed E-state index contributed by atoms with van der Waals surface area (Å²) in [7, 11) is 0. The van der Waals surface area contributed by atoms with Crippen LogP contribution in [0.2, 0.25) is 0 Å². The van der Waals surface area contributed by atoms with Gasteiger partial charge in [0.05, 0.1) is 17.5 Å². The molecule has 0 fully saturated rings. The van der Waals surface area contributed by atoms with Gasteiger partial charge < -0.3 is 21.2 Å². The number of anilines is 2. The van der Waals surface area contributed by atoms with Gasteiger partial charge in [-0.05, 0) is 29.8 Å². The number of carbonyl (C=O) groups excluding carboxylic acids is 1. The number of benzene rings is 1. The molecule has 9 heteroatoms. The van der Waals surface area contributed by atoms with Gasteiger partial charge in [0, 0.05) is 11.9 Å². The van der Waals surface area contributed by atoms with Gasteiger partial charge in [0.25, 0.3) is 5.91 Å². The number of fused-ring (bicyclic) bond motifs is 1. The number of nitrogen functional groups attached to an aromatic ring is 2. The predicted octanol–water partition coefficient (Wildman–Crippen LogP) is 3.66. The Morgan fingerprint density at radius 3 is 2.69 bits per heavy atom. The molecule has 1 aromatic carbocycles. The van der Waals surface area contributed by atoms with E-state index in [1.807, 2.05) is 6.07 Å². The number of pyridine rings is 1. The number of hydrogen-bond acceptors (Lipinski definition) is 7. The van der Waals surface area contributed by atoms with Crippen molar-refractivity contribution in [2.75, 3.05) is 11.5 Å². The zero-order valence-electron chi connectivity index (χ0n) is 14.9. The summed E-state index contributed by atoms with van der Waals surface area (Å²) in [6.45, 7) is 0.205. The van der Waals surface area contributed by atoms with E-state index >= 15 is 0 Å². The second-order valence-electron chi connectivity index (χ2n) is 6.17. The predicted molar refractivity (Wildman–Crippen MR) is 108 cm³/mol. The van der Waals surface area contributed by atoms with E-state index in [0.717, 1.165) is 16.9 Å². The summed E-state index contributed by atoms with van der Waals surface area (Å²) in [4.78, 5) is 17.6. The SMILES string of the molecule is N#Cc1c(N)nc2sc(C(=O)NCc3ccc(F)cc3)c(N)c2c1-c1ccco1. The Kier molecular flexibility index (Phi) is 4.62. The lowest BCUT2D eigenvalue weighted by Crippen LogP contribution is -2.22. The van der Waals surface area contributed by atoms with Crippen molar-refractivity contribution in [1.29, 1.82) is 5.26 Å². The molecule has 0 saturated heterocycles. The number of hydrogen-bond donors (Lipinski definition) is 3. The van der Waals surface area contributed by atoms with E-state index in [9.17, 15) is 14.4 Å². The second kappa shape index (κ2) is 7.26. The number of rotatable bonds is 4. The van der Waals surface area contributed by atoms with Crippen LogP contribution in [-0.4, -0.2) is 10.9 Å². The summed E-state index contributed by atoms with van der Waals surface area (Å²) < 4.78 is 18.5. The van der Waals surface area contributed by atoms with Gasteiger partial charge in [-0.25, -0.2) is 9.37 Å². The topological polar surface area (TPSA) is 131 Å². The summed E-state index contributed by atoms with van der Waals surface area (Å²) in [6.07, 6.45) is 1.47. The molecule has 0 aliphatic heterocycles. The van der Waals surface area contributed by atoms with Crippen LogP contribution < -0.4 is 16.8 Å². The van der Waals surface area contributed by atoms with E-state index in [1.165, 1.54) is 18.4 Å². The van der Waals surface area contributed by atoms with Gasteiger partial charge in [0.15, 0.2) is 0 Å². The maximum absolute atomic E-state index is 13.0. The molecule has 3 aromatic heterocycles. The molecule has 0 spiro atoms. The summed E-state index contributed by atoms with van der Waals surface area (Å²) in [5, 5.41) is 12.7. The zero-order chi connectivity index (χ0) is 20.5. The molecule has 3 heterocycles. The van der Waals surface area contributed by atoms with Crippen LogP contribution in [0.5, 0.6) is 0 Å². The van der Waals surface area contributed by atoms with Gasteiger partial charge >= 0.3 is 0 Å². The third kappa shape index (κ3) is 3.26. The fourth-order valence-electron chi connectivity index (χ4n) is 2.98. The van der Waals surface area contributed by atoms with Crippen molar-refractivity contribution in [3.63, 3.8) is 0 Å². The summed E-state index contributed by atoms with van der Waals surface area (Å²) >= 11 is 1.08. The van der Waals surface area contributed by atoms with E-state index in [-0.39, 0.29) is 34.3 Å². The Morgan fingerprint density at radius 2 is 2.03 bits per heavy atom. The molecular formula is C20H14FN5O2S. The van der Waals surface area contributed by atoms with E-state index < -0.39 is 5.91 Å². The largest absolute Gasteiger partial charge is 0.464 e. The van der Waals surface area contributed by atoms with Crippen LogP contribution in [0.3, 0.4) is 0 Å². The van der Waals surface area contributed by atoms with Gasteiger partial charge in [0.1, 0.15) is 38.7 Å². The number of carbonyl (C=O) groups is 1.